The molecule has 2 N–H and O–H groups in total. The van der Waals surface area contributed by atoms with E-state index in [1.54, 1.807) is 7.11 Å². The Labute approximate surface area is 123 Å². The fourth-order valence-corrected chi connectivity index (χ4v) is 2.19. The molecule has 0 aliphatic carbocycles. The molecule has 1 aromatic rings. The lowest BCUT2D eigenvalue weighted by atomic mass is 10.1. The molecule has 0 bridgehead atoms. The van der Waals surface area contributed by atoms with E-state index in [0.717, 1.165) is 30.8 Å². The summed E-state index contributed by atoms with van der Waals surface area (Å²) in [4.78, 5) is 2.44. The Morgan fingerprint density at radius 2 is 2.10 bits per heavy atom. The van der Waals surface area contributed by atoms with Gasteiger partial charge in [-0.05, 0) is 38.1 Å². The van der Waals surface area contributed by atoms with Gasteiger partial charge in [0.25, 0.3) is 0 Å². The molecule has 0 radical (unpaired) electrons. The number of methoxy groups -OCH3 is 1. The van der Waals surface area contributed by atoms with Gasteiger partial charge < -0.3 is 10.5 Å². The van der Waals surface area contributed by atoms with Crippen LogP contribution in [0.2, 0.25) is 0 Å². The molecule has 0 heterocycles. The van der Waals surface area contributed by atoms with Crippen molar-refractivity contribution >= 4 is 0 Å². The van der Waals surface area contributed by atoms with Gasteiger partial charge in [0.2, 0.25) is 0 Å². The highest BCUT2D eigenvalue weighted by Crippen LogP contribution is 2.22. The molecule has 0 saturated heterocycles. The van der Waals surface area contributed by atoms with Crippen LogP contribution in [0.1, 0.15) is 38.3 Å². The molecule has 20 heavy (non-hydrogen) atoms. The van der Waals surface area contributed by atoms with Crippen LogP contribution in [0.25, 0.3) is 0 Å². The third-order valence-electron chi connectivity index (χ3n) is 3.61. The fourth-order valence-electron chi connectivity index (χ4n) is 2.19. The SMILES string of the molecule is CCC(C)N(CC)Cc1cc(C#CCN)ccc1OC. The summed E-state index contributed by atoms with van der Waals surface area (Å²) in [6.07, 6.45) is 1.14. The number of nitrogens with zero attached hydrogens (tertiary/aromatic N) is 1. The van der Waals surface area contributed by atoms with Crippen LogP contribution >= 0.6 is 0 Å². The first kappa shape index (κ1) is 16.6. The van der Waals surface area contributed by atoms with E-state index in [1.807, 2.05) is 12.1 Å². The lowest BCUT2D eigenvalue weighted by Crippen LogP contribution is -2.32. The average Bonchev–Trinajstić information content (AvgIpc) is 2.49. The minimum atomic E-state index is 0.384. The summed E-state index contributed by atoms with van der Waals surface area (Å²) < 4.78 is 5.46. The van der Waals surface area contributed by atoms with Gasteiger partial charge in [0.05, 0.1) is 13.7 Å². The molecule has 1 unspecified atom stereocenters. The molecular weight excluding hydrogens is 248 g/mol. The zero-order chi connectivity index (χ0) is 15.0. The first-order valence-corrected chi connectivity index (χ1v) is 7.26. The first-order valence-electron chi connectivity index (χ1n) is 7.26. The van der Waals surface area contributed by atoms with Crippen LogP contribution in [-0.2, 0) is 6.54 Å². The minimum Gasteiger partial charge on any atom is -0.496 e. The third-order valence-corrected chi connectivity index (χ3v) is 3.61. The maximum absolute atomic E-state index is 5.46. The summed E-state index contributed by atoms with van der Waals surface area (Å²) in [5.74, 6) is 6.90. The summed E-state index contributed by atoms with van der Waals surface area (Å²) in [5, 5.41) is 0. The Hall–Kier alpha value is -1.50. The highest BCUT2D eigenvalue weighted by atomic mass is 16.5. The maximum atomic E-state index is 5.46. The summed E-state index contributed by atoms with van der Waals surface area (Å²) in [5.41, 5.74) is 7.60. The Balaban J connectivity index is 3.00. The number of ether oxygens (including phenoxy) is 1. The van der Waals surface area contributed by atoms with Gasteiger partial charge in [0.1, 0.15) is 5.75 Å². The van der Waals surface area contributed by atoms with Crippen molar-refractivity contribution in [3.8, 4) is 17.6 Å². The van der Waals surface area contributed by atoms with Crippen molar-refractivity contribution in [1.82, 2.24) is 4.90 Å². The van der Waals surface area contributed by atoms with Crippen molar-refractivity contribution < 1.29 is 4.74 Å². The van der Waals surface area contributed by atoms with Gasteiger partial charge in [-0.15, -0.1) is 0 Å². The molecule has 1 aromatic carbocycles. The van der Waals surface area contributed by atoms with Crippen molar-refractivity contribution in [2.24, 2.45) is 5.73 Å². The monoisotopic (exact) mass is 274 g/mol. The van der Waals surface area contributed by atoms with E-state index in [4.69, 9.17) is 10.5 Å². The quantitative estimate of drug-likeness (QED) is 0.810. The lowest BCUT2D eigenvalue weighted by Gasteiger charge is -2.27. The molecule has 0 spiro atoms. The van der Waals surface area contributed by atoms with E-state index in [2.05, 4.69) is 43.6 Å². The predicted octanol–water partition coefficient (Wildman–Crippen LogP) is 2.63. The second-order valence-corrected chi connectivity index (χ2v) is 4.85. The Morgan fingerprint density at radius 3 is 2.65 bits per heavy atom. The van der Waals surface area contributed by atoms with Crippen LogP contribution in [0.15, 0.2) is 18.2 Å². The van der Waals surface area contributed by atoms with Crippen LogP contribution in [-0.4, -0.2) is 31.1 Å². The lowest BCUT2D eigenvalue weighted by molar-refractivity contribution is 0.203. The predicted molar refractivity (Wildman–Crippen MR) is 84.8 cm³/mol. The van der Waals surface area contributed by atoms with Gasteiger partial charge in [-0.1, -0.05) is 25.7 Å². The van der Waals surface area contributed by atoms with Gasteiger partial charge >= 0.3 is 0 Å². The molecule has 1 rings (SSSR count). The summed E-state index contributed by atoms with van der Waals surface area (Å²) in [7, 11) is 1.71. The van der Waals surface area contributed by atoms with Crippen LogP contribution in [0.4, 0.5) is 0 Å². The number of hydrogen-bond donors (Lipinski definition) is 1. The third kappa shape index (κ3) is 4.56. The molecule has 0 saturated carbocycles. The van der Waals surface area contributed by atoms with E-state index < -0.39 is 0 Å². The Bertz CT molecular complexity index is 474. The molecule has 0 aliphatic heterocycles. The molecule has 3 nitrogen and oxygen atoms in total. The van der Waals surface area contributed by atoms with Crippen LogP contribution < -0.4 is 10.5 Å². The van der Waals surface area contributed by atoms with Gasteiger partial charge in [0.15, 0.2) is 0 Å². The minimum absolute atomic E-state index is 0.384. The molecular formula is C17H26N2O. The van der Waals surface area contributed by atoms with Crippen molar-refractivity contribution in [2.45, 2.75) is 39.8 Å². The number of hydrogen-bond acceptors (Lipinski definition) is 3. The largest absolute Gasteiger partial charge is 0.496 e. The number of benzene rings is 1. The van der Waals surface area contributed by atoms with Gasteiger partial charge in [-0.3, -0.25) is 4.90 Å². The Morgan fingerprint density at radius 1 is 1.35 bits per heavy atom. The second kappa shape index (κ2) is 8.63. The second-order valence-electron chi connectivity index (χ2n) is 4.85. The average molecular weight is 274 g/mol. The van der Waals surface area contributed by atoms with E-state index >= 15 is 0 Å². The molecule has 0 aliphatic rings. The van der Waals surface area contributed by atoms with E-state index in [1.165, 1.54) is 5.56 Å². The topological polar surface area (TPSA) is 38.5 Å². The highest BCUT2D eigenvalue weighted by molar-refractivity contribution is 5.44. The van der Waals surface area contributed by atoms with Crippen LogP contribution in [0.3, 0.4) is 0 Å². The zero-order valence-corrected chi connectivity index (χ0v) is 13.1. The summed E-state index contributed by atoms with van der Waals surface area (Å²) in [6.45, 7) is 8.96. The zero-order valence-electron chi connectivity index (χ0n) is 13.1. The van der Waals surface area contributed by atoms with Gasteiger partial charge in [-0.25, -0.2) is 0 Å². The molecule has 110 valence electrons. The van der Waals surface area contributed by atoms with Crippen molar-refractivity contribution in [3.63, 3.8) is 0 Å². The molecule has 0 aromatic heterocycles. The molecule has 1 atom stereocenters. The van der Waals surface area contributed by atoms with E-state index in [9.17, 15) is 0 Å². The first-order chi connectivity index (χ1) is 9.65. The summed E-state index contributed by atoms with van der Waals surface area (Å²) >= 11 is 0. The van der Waals surface area contributed by atoms with Crippen molar-refractivity contribution in [1.29, 1.82) is 0 Å². The smallest absolute Gasteiger partial charge is 0.123 e. The van der Waals surface area contributed by atoms with Gasteiger partial charge in [0, 0.05) is 23.7 Å². The molecule has 0 fully saturated rings. The van der Waals surface area contributed by atoms with E-state index in [0.29, 0.717) is 12.6 Å². The van der Waals surface area contributed by atoms with Gasteiger partial charge in [-0.2, -0.15) is 0 Å². The summed E-state index contributed by atoms with van der Waals surface area (Å²) in [6, 6.07) is 6.63. The van der Waals surface area contributed by atoms with Crippen molar-refractivity contribution in [3.05, 3.63) is 29.3 Å². The van der Waals surface area contributed by atoms with Crippen molar-refractivity contribution in [2.75, 3.05) is 20.2 Å². The fraction of sp³-hybridized carbons (Fsp3) is 0.529. The van der Waals surface area contributed by atoms with E-state index in [-0.39, 0.29) is 0 Å². The van der Waals surface area contributed by atoms with Crippen LogP contribution in [0.5, 0.6) is 5.75 Å². The molecule has 0 amide bonds. The standard InChI is InChI=1S/C17H26N2O/c1-5-14(3)19(6-2)13-16-12-15(8-7-11-18)9-10-17(16)20-4/h9-10,12,14H,5-6,11,13,18H2,1-4H3. The Kier molecular flexibility index (Phi) is 7.14. The number of nitrogens with two attached hydrogens (primary N) is 1. The maximum Gasteiger partial charge on any atom is 0.123 e. The molecule has 3 heteroatoms. The van der Waals surface area contributed by atoms with Crippen LogP contribution in [0, 0.1) is 11.8 Å². The normalized spacial score (nSPS) is 11.9. The number of rotatable bonds is 6. The highest BCUT2D eigenvalue weighted by Gasteiger charge is 2.13.